The number of hydrogen-bond acceptors (Lipinski definition) is 4. The van der Waals surface area contributed by atoms with E-state index < -0.39 is 11.8 Å². The molecule has 0 radical (unpaired) electrons. The molecule has 0 aliphatic rings. The van der Waals surface area contributed by atoms with Crippen molar-refractivity contribution in [3.63, 3.8) is 0 Å². The summed E-state index contributed by atoms with van der Waals surface area (Å²) < 4.78 is 9.47. The summed E-state index contributed by atoms with van der Waals surface area (Å²) >= 11 is 0. The summed E-state index contributed by atoms with van der Waals surface area (Å²) in [6.45, 7) is 4.40. The van der Waals surface area contributed by atoms with E-state index in [9.17, 15) is 9.59 Å². The maximum absolute atomic E-state index is 11.3. The molecule has 0 aliphatic heterocycles. The van der Waals surface area contributed by atoms with Crippen LogP contribution in [0.3, 0.4) is 0 Å². The molecule has 80 valence electrons. The van der Waals surface area contributed by atoms with Gasteiger partial charge in [0.15, 0.2) is 0 Å². The Hall–Kier alpha value is -1.16. The van der Waals surface area contributed by atoms with E-state index in [-0.39, 0.29) is 6.61 Å². The van der Waals surface area contributed by atoms with Gasteiger partial charge in [-0.3, -0.25) is 4.79 Å². The number of ether oxygens (including phenoxy) is 2. The van der Waals surface area contributed by atoms with Crippen molar-refractivity contribution in [2.24, 2.45) is 0 Å². The predicted molar refractivity (Wildman–Crippen MR) is 51.9 cm³/mol. The monoisotopic (exact) mass is 200 g/mol. The smallest absolute Gasteiger partial charge is 0.379 e. The van der Waals surface area contributed by atoms with Gasteiger partial charge in [0.25, 0.3) is 5.78 Å². The molecule has 14 heavy (non-hydrogen) atoms. The van der Waals surface area contributed by atoms with E-state index in [1.165, 1.54) is 7.11 Å². The standard InChI is InChI=1S/C10H16O4/c1-4-6-14-7-8(5-2)9(11)10(12)13-3/h5H,4,6-7H2,1-3H3. The maximum atomic E-state index is 11.3. The van der Waals surface area contributed by atoms with Crippen LogP contribution in [0.5, 0.6) is 0 Å². The van der Waals surface area contributed by atoms with E-state index in [0.717, 1.165) is 6.42 Å². The lowest BCUT2D eigenvalue weighted by atomic mass is 10.2. The topological polar surface area (TPSA) is 52.6 Å². The average molecular weight is 200 g/mol. The molecule has 0 rings (SSSR count). The molecule has 0 aromatic rings. The second kappa shape index (κ2) is 7.26. The quantitative estimate of drug-likeness (QED) is 0.279. The molecule has 0 aromatic heterocycles. The molecule has 0 fully saturated rings. The van der Waals surface area contributed by atoms with E-state index in [1.807, 2.05) is 6.92 Å². The summed E-state index contributed by atoms with van der Waals surface area (Å²) in [4.78, 5) is 22.2. The van der Waals surface area contributed by atoms with Gasteiger partial charge in [0.1, 0.15) is 0 Å². The van der Waals surface area contributed by atoms with Gasteiger partial charge in [-0.15, -0.1) is 0 Å². The highest BCUT2D eigenvalue weighted by atomic mass is 16.5. The summed E-state index contributed by atoms with van der Waals surface area (Å²) in [5.41, 5.74) is 0.338. The van der Waals surface area contributed by atoms with Gasteiger partial charge in [0, 0.05) is 12.2 Å². The molecule has 0 aromatic carbocycles. The minimum absolute atomic E-state index is 0.165. The Morgan fingerprint density at radius 2 is 2.00 bits per heavy atom. The lowest BCUT2D eigenvalue weighted by Crippen LogP contribution is -2.20. The normalized spacial score (nSPS) is 11.2. The molecule has 0 spiro atoms. The Labute approximate surface area is 83.9 Å². The Morgan fingerprint density at radius 3 is 2.43 bits per heavy atom. The summed E-state index contributed by atoms with van der Waals surface area (Å²) in [6, 6.07) is 0. The van der Waals surface area contributed by atoms with Crippen molar-refractivity contribution in [1.29, 1.82) is 0 Å². The molecule has 0 saturated heterocycles. The Kier molecular flexibility index (Phi) is 6.66. The summed E-state index contributed by atoms with van der Waals surface area (Å²) in [6.07, 6.45) is 2.44. The molecule has 0 atom stereocenters. The number of hydrogen-bond donors (Lipinski definition) is 0. The molecule has 0 N–H and O–H groups in total. The summed E-state index contributed by atoms with van der Waals surface area (Å²) in [7, 11) is 1.18. The number of methoxy groups -OCH3 is 1. The van der Waals surface area contributed by atoms with Crippen LogP contribution in [-0.2, 0) is 19.1 Å². The number of esters is 1. The minimum atomic E-state index is -0.849. The lowest BCUT2D eigenvalue weighted by molar-refractivity contribution is -0.150. The Morgan fingerprint density at radius 1 is 1.36 bits per heavy atom. The first-order chi connectivity index (χ1) is 6.67. The summed E-state index contributed by atoms with van der Waals surface area (Å²) in [5, 5.41) is 0. The van der Waals surface area contributed by atoms with Gasteiger partial charge in [-0.05, 0) is 13.3 Å². The van der Waals surface area contributed by atoms with Crippen molar-refractivity contribution in [3.8, 4) is 0 Å². The first kappa shape index (κ1) is 12.8. The second-order valence-corrected chi connectivity index (χ2v) is 2.69. The molecular formula is C10H16O4. The number of allylic oxidation sites excluding steroid dienone is 1. The van der Waals surface area contributed by atoms with Crippen LogP contribution in [0.4, 0.5) is 0 Å². The molecule has 0 amide bonds. The van der Waals surface area contributed by atoms with Crippen molar-refractivity contribution >= 4 is 11.8 Å². The molecule has 4 heteroatoms. The second-order valence-electron chi connectivity index (χ2n) is 2.69. The SMILES string of the molecule is CC=C(COCCC)C(=O)C(=O)OC. The Balaban J connectivity index is 4.15. The zero-order valence-electron chi connectivity index (χ0n) is 8.83. The van der Waals surface area contributed by atoms with Crippen LogP contribution in [0.2, 0.25) is 0 Å². The van der Waals surface area contributed by atoms with E-state index in [2.05, 4.69) is 4.74 Å². The van der Waals surface area contributed by atoms with E-state index in [1.54, 1.807) is 13.0 Å². The molecule has 4 nitrogen and oxygen atoms in total. The lowest BCUT2D eigenvalue weighted by Gasteiger charge is -2.04. The average Bonchev–Trinajstić information content (AvgIpc) is 2.22. The zero-order chi connectivity index (χ0) is 11.0. The first-order valence-electron chi connectivity index (χ1n) is 4.52. The highest BCUT2D eigenvalue weighted by Gasteiger charge is 2.18. The molecule has 0 bridgehead atoms. The van der Waals surface area contributed by atoms with E-state index in [4.69, 9.17) is 4.74 Å². The van der Waals surface area contributed by atoms with Crippen LogP contribution in [0.15, 0.2) is 11.6 Å². The van der Waals surface area contributed by atoms with Gasteiger partial charge in [0.2, 0.25) is 0 Å². The largest absolute Gasteiger partial charge is 0.463 e. The number of rotatable bonds is 6. The van der Waals surface area contributed by atoms with Gasteiger partial charge in [0.05, 0.1) is 13.7 Å². The Bertz CT molecular complexity index is 230. The third-order valence-electron chi connectivity index (χ3n) is 1.62. The number of Topliss-reactive ketones (excluding diaryl/α,β-unsaturated/α-hetero) is 1. The van der Waals surface area contributed by atoms with Crippen molar-refractivity contribution in [1.82, 2.24) is 0 Å². The van der Waals surface area contributed by atoms with Crippen LogP contribution in [0.1, 0.15) is 20.3 Å². The van der Waals surface area contributed by atoms with Crippen LogP contribution < -0.4 is 0 Å². The third-order valence-corrected chi connectivity index (χ3v) is 1.62. The fraction of sp³-hybridized carbons (Fsp3) is 0.600. The molecule has 0 saturated carbocycles. The van der Waals surface area contributed by atoms with Crippen molar-refractivity contribution in [3.05, 3.63) is 11.6 Å². The molecule has 0 unspecified atom stereocenters. The van der Waals surface area contributed by atoms with Crippen LogP contribution in [0.25, 0.3) is 0 Å². The minimum Gasteiger partial charge on any atom is -0.463 e. The molecule has 0 aliphatic carbocycles. The number of carbonyl (C=O) groups excluding carboxylic acids is 2. The van der Waals surface area contributed by atoms with Gasteiger partial charge >= 0.3 is 5.97 Å². The van der Waals surface area contributed by atoms with Crippen molar-refractivity contribution < 1.29 is 19.1 Å². The fourth-order valence-electron chi connectivity index (χ4n) is 0.830. The van der Waals surface area contributed by atoms with Crippen LogP contribution >= 0.6 is 0 Å². The van der Waals surface area contributed by atoms with Gasteiger partial charge in [-0.2, -0.15) is 0 Å². The van der Waals surface area contributed by atoms with Crippen molar-refractivity contribution in [2.45, 2.75) is 20.3 Å². The van der Waals surface area contributed by atoms with Crippen LogP contribution in [0, 0.1) is 0 Å². The number of ketones is 1. The molecular weight excluding hydrogens is 184 g/mol. The van der Waals surface area contributed by atoms with Gasteiger partial charge in [-0.25, -0.2) is 4.79 Å². The van der Waals surface area contributed by atoms with Crippen molar-refractivity contribution in [2.75, 3.05) is 20.3 Å². The van der Waals surface area contributed by atoms with E-state index >= 15 is 0 Å². The highest BCUT2D eigenvalue weighted by molar-refractivity contribution is 6.40. The van der Waals surface area contributed by atoms with Crippen LogP contribution in [-0.4, -0.2) is 32.1 Å². The van der Waals surface area contributed by atoms with Gasteiger partial charge in [-0.1, -0.05) is 13.0 Å². The molecule has 0 heterocycles. The highest BCUT2D eigenvalue weighted by Crippen LogP contribution is 2.00. The first-order valence-corrected chi connectivity index (χ1v) is 4.52. The predicted octanol–water partition coefficient (Wildman–Crippen LogP) is 1.10. The fourth-order valence-corrected chi connectivity index (χ4v) is 0.830. The van der Waals surface area contributed by atoms with Gasteiger partial charge < -0.3 is 9.47 Å². The summed E-state index contributed by atoms with van der Waals surface area (Å²) in [5.74, 6) is -1.48. The zero-order valence-corrected chi connectivity index (χ0v) is 8.83. The maximum Gasteiger partial charge on any atom is 0.379 e. The van der Waals surface area contributed by atoms with E-state index in [0.29, 0.717) is 12.2 Å². The number of carbonyl (C=O) groups is 2. The third kappa shape index (κ3) is 4.18.